The summed E-state index contributed by atoms with van der Waals surface area (Å²) in [6, 6.07) is 1.76. The number of rotatable bonds is 2. The first kappa shape index (κ1) is 6.95. The number of nitrogens with one attached hydrogen (secondary N) is 2. The molecule has 0 aliphatic rings. The standard InChI is InChI=1S/C6H9N3O/c1-7-4-5-2-3-8-6(10)9-5/h2-3,7H,4H2,1H3,(H,8,9,10). The molecule has 0 saturated carbocycles. The van der Waals surface area contributed by atoms with E-state index in [1.165, 1.54) is 6.20 Å². The summed E-state index contributed by atoms with van der Waals surface area (Å²) in [5.41, 5.74) is 0.551. The molecule has 0 aliphatic carbocycles. The maximum absolute atomic E-state index is 10.6. The summed E-state index contributed by atoms with van der Waals surface area (Å²) in [7, 11) is 1.82. The molecular formula is C6H9N3O. The van der Waals surface area contributed by atoms with Crippen molar-refractivity contribution in [1.82, 2.24) is 15.3 Å². The number of hydrogen-bond donors (Lipinski definition) is 2. The zero-order valence-corrected chi connectivity index (χ0v) is 5.72. The van der Waals surface area contributed by atoms with Gasteiger partial charge in [0, 0.05) is 18.4 Å². The molecule has 4 heteroatoms. The molecule has 0 radical (unpaired) electrons. The fourth-order valence-electron chi connectivity index (χ4n) is 0.700. The maximum Gasteiger partial charge on any atom is 0.345 e. The lowest BCUT2D eigenvalue weighted by Gasteiger charge is -1.95. The Balaban J connectivity index is 2.85. The van der Waals surface area contributed by atoms with Crippen molar-refractivity contribution in [2.75, 3.05) is 7.05 Å². The van der Waals surface area contributed by atoms with Crippen LogP contribution >= 0.6 is 0 Å². The topological polar surface area (TPSA) is 57.8 Å². The quantitative estimate of drug-likeness (QED) is 0.580. The maximum atomic E-state index is 10.6. The third kappa shape index (κ3) is 1.66. The molecule has 4 nitrogen and oxygen atoms in total. The molecule has 1 aromatic rings. The summed E-state index contributed by atoms with van der Waals surface area (Å²) in [6.07, 6.45) is 1.49. The number of nitrogens with zero attached hydrogens (tertiary/aromatic N) is 1. The summed E-state index contributed by atoms with van der Waals surface area (Å²) < 4.78 is 0. The van der Waals surface area contributed by atoms with E-state index in [1.807, 2.05) is 7.05 Å². The fourth-order valence-corrected chi connectivity index (χ4v) is 0.700. The molecule has 0 fully saturated rings. The van der Waals surface area contributed by atoms with Crippen molar-refractivity contribution in [2.24, 2.45) is 0 Å². The van der Waals surface area contributed by atoms with Crippen LogP contribution in [-0.4, -0.2) is 17.0 Å². The second kappa shape index (κ2) is 3.12. The van der Waals surface area contributed by atoms with E-state index in [0.717, 1.165) is 5.69 Å². The van der Waals surface area contributed by atoms with Gasteiger partial charge in [-0.05, 0) is 13.1 Å². The number of hydrogen-bond acceptors (Lipinski definition) is 3. The lowest BCUT2D eigenvalue weighted by Crippen LogP contribution is -2.15. The Bertz CT molecular complexity index is 255. The Kier molecular flexibility index (Phi) is 2.17. The molecule has 0 bridgehead atoms. The Labute approximate surface area is 58.3 Å². The summed E-state index contributed by atoms with van der Waals surface area (Å²) in [6.45, 7) is 0.664. The number of aromatic nitrogens is 2. The van der Waals surface area contributed by atoms with Crippen molar-refractivity contribution in [1.29, 1.82) is 0 Å². The second-order valence-corrected chi connectivity index (χ2v) is 1.93. The van der Waals surface area contributed by atoms with Crippen LogP contribution in [-0.2, 0) is 6.54 Å². The van der Waals surface area contributed by atoms with Gasteiger partial charge in [0.2, 0.25) is 0 Å². The van der Waals surface area contributed by atoms with Gasteiger partial charge >= 0.3 is 5.69 Å². The lowest BCUT2D eigenvalue weighted by molar-refractivity contribution is 0.778. The van der Waals surface area contributed by atoms with Gasteiger partial charge in [-0.2, -0.15) is 0 Å². The average molecular weight is 139 g/mol. The monoisotopic (exact) mass is 139 g/mol. The molecule has 0 amide bonds. The van der Waals surface area contributed by atoms with Crippen LogP contribution < -0.4 is 11.0 Å². The summed E-state index contributed by atoms with van der Waals surface area (Å²) in [5.74, 6) is 0. The first-order valence-electron chi connectivity index (χ1n) is 3.02. The second-order valence-electron chi connectivity index (χ2n) is 1.93. The van der Waals surface area contributed by atoms with Gasteiger partial charge in [-0.25, -0.2) is 9.78 Å². The molecule has 0 aliphatic heterocycles. The number of aromatic amines is 1. The highest BCUT2D eigenvalue weighted by atomic mass is 16.1. The first-order chi connectivity index (χ1) is 4.83. The van der Waals surface area contributed by atoms with Crippen LogP contribution in [0.2, 0.25) is 0 Å². The smallest absolute Gasteiger partial charge is 0.314 e. The molecule has 2 N–H and O–H groups in total. The van der Waals surface area contributed by atoms with Crippen LogP contribution in [0.3, 0.4) is 0 Å². The van der Waals surface area contributed by atoms with Gasteiger partial charge in [-0.1, -0.05) is 0 Å². The van der Waals surface area contributed by atoms with Gasteiger partial charge in [-0.3, -0.25) is 0 Å². The van der Waals surface area contributed by atoms with Crippen LogP contribution in [0.25, 0.3) is 0 Å². The molecule has 0 atom stereocenters. The predicted molar refractivity (Wildman–Crippen MR) is 37.6 cm³/mol. The third-order valence-corrected chi connectivity index (χ3v) is 1.10. The van der Waals surface area contributed by atoms with E-state index in [2.05, 4.69) is 15.3 Å². The van der Waals surface area contributed by atoms with E-state index in [1.54, 1.807) is 6.07 Å². The van der Waals surface area contributed by atoms with Crippen molar-refractivity contribution in [3.05, 3.63) is 28.4 Å². The van der Waals surface area contributed by atoms with E-state index in [0.29, 0.717) is 6.54 Å². The Morgan fingerprint density at radius 2 is 2.60 bits per heavy atom. The fraction of sp³-hybridized carbons (Fsp3) is 0.333. The molecule has 0 spiro atoms. The van der Waals surface area contributed by atoms with E-state index < -0.39 is 0 Å². The molecule has 10 heavy (non-hydrogen) atoms. The minimum atomic E-state index is -0.298. The van der Waals surface area contributed by atoms with Crippen molar-refractivity contribution < 1.29 is 0 Å². The van der Waals surface area contributed by atoms with Gasteiger partial charge in [0.1, 0.15) is 0 Å². The molecular weight excluding hydrogens is 130 g/mol. The van der Waals surface area contributed by atoms with Crippen molar-refractivity contribution >= 4 is 0 Å². The normalized spacial score (nSPS) is 9.70. The SMILES string of the molecule is CNCc1ccnc(=O)[nH]1. The molecule has 0 unspecified atom stereocenters. The van der Waals surface area contributed by atoms with Gasteiger partial charge < -0.3 is 10.3 Å². The highest BCUT2D eigenvalue weighted by molar-refractivity contribution is 4.96. The number of H-pyrrole nitrogens is 1. The molecule has 0 saturated heterocycles. The van der Waals surface area contributed by atoms with Crippen molar-refractivity contribution in [2.45, 2.75) is 6.54 Å². The van der Waals surface area contributed by atoms with E-state index in [-0.39, 0.29) is 5.69 Å². The van der Waals surface area contributed by atoms with E-state index in [4.69, 9.17) is 0 Å². The Hall–Kier alpha value is -1.16. The molecule has 54 valence electrons. The average Bonchev–Trinajstić information content (AvgIpc) is 1.88. The zero-order chi connectivity index (χ0) is 7.40. The third-order valence-electron chi connectivity index (χ3n) is 1.10. The molecule has 1 rings (SSSR count). The van der Waals surface area contributed by atoms with Gasteiger partial charge in [0.15, 0.2) is 0 Å². The highest BCUT2D eigenvalue weighted by Gasteiger charge is 1.88. The van der Waals surface area contributed by atoms with Crippen molar-refractivity contribution in [3.8, 4) is 0 Å². The minimum Gasteiger partial charge on any atom is -0.314 e. The first-order valence-corrected chi connectivity index (χ1v) is 3.02. The molecule has 1 aromatic heterocycles. The molecule has 0 aromatic carbocycles. The Morgan fingerprint density at radius 3 is 3.20 bits per heavy atom. The van der Waals surface area contributed by atoms with Gasteiger partial charge in [0.25, 0.3) is 0 Å². The zero-order valence-electron chi connectivity index (χ0n) is 5.72. The van der Waals surface area contributed by atoms with Crippen LogP contribution in [0, 0.1) is 0 Å². The summed E-state index contributed by atoms with van der Waals surface area (Å²) in [5, 5.41) is 2.91. The van der Waals surface area contributed by atoms with Crippen LogP contribution in [0.4, 0.5) is 0 Å². The predicted octanol–water partition coefficient (Wildman–Crippen LogP) is -0.511. The van der Waals surface area contributed by atoms with Crippen LogP contribution in [0.1, 0.15) is 5.69 Å². The van der Waals surface area contributed by atoms with Crippen LogP contribution in [0.15, 0.2) is 17.1 Å². The summed E-state index contributed by atoms with van der Waals surface area (Å²) >= 11 is 0. The Morgan fingerprint density at radius 1 is 1.80 bits per heavy atom. The van der Waals surface area contributed by atoms with E-state index >= 15 is 0 Å². The van der Waals surface area contributed by atoms with Crippen molar-refractivity contribution in [3.63, 3.8) is 0 Å². The largest absolute Gasteiger partial charge is 0.345 e. The highest BCUT2D eigenvalue weighted by Crippen LogP contribution is 1.84. The lowest BCUT2D eigenvalue weighted by atomic mass is 10.4. The summed E-state index contributed by atoms with van der Waals surface area (Å²) in [4.78, 5) is 16.6. The minimum absolute atomic E-state index is 0.298. The van der Waals surface area contributed by atoms with E-state index in [9.17, 15) is 4.79 Å². The molecule has 1 heterocycles. The van der Waals surface area contributed by atoms with Gasteiger partial charge in [-0.15, -0.1) is 0 Å². The van der Waals surface area contributed by atoms with Crippen LogP contribution in [0.5, 0.6) is 0 Å². The van der Waals surface area contributed by atoms with Gasteiger partial charge in [0.05, 0.1) is 0 Å².